The van der Waals surface area contributed by atoms with Gasteiger partial charge in [0.05, 0.1) is 23.2 Å². The average molecular weight is 360 g/mol. The van der Waals surface area contributed by atoms with Gasteiger partial charge in [0.25, 0.3) is 0 Å². The van der Waals surface area contributed by atoms with E-state index < -0.39 is 0 Å². The molecule has 0 aliphatic rings. The Kier molecular flexibility index (Phi) is 5.15. The highest BCUT2D eigenvalue weighted by atomic mass is 19.1. The molecule has 0 atom stereocenters. The fraction of sp³-hybridized carbons (Fsp3) is 0.174. The van der Waals surface area contributed by atoms with Crippen LogP contribution in [0.1, 0.15) is 12.8 Å². The van der Waals surface area contributed by atoms with E-state index >= 15 is 0 Å². The number of benzene rings is 3. The lowest BCUT2D eigenvalue weighted by Crippen LogP contribution is -2.04. The van der Waals surface area contributed by atoms with Gasteiger partial charge in [-0.2, -0.15) is 0 Å². The fourth-order valence-electron chi connectivity index (χ4n) is 3.23. The lowest BCUT2D eigenvalue weighted by Gasteiger charge is -2.11. The number of aromatic nitrogens is 2. The minimum atomic E-state index is -0.249. The van der Waals surface area contributed by atoms with Crippen LogP contribution in [0.4, 0.5) is 4.39 Å². The molecule has 1 aromatic heterocycles. The SMILES string of the molecule is Fc1ccccc1-c1nc2ccccc2n1CCCCOc1ccccc1. The Bertz CT molecular complexity index is 1030. The monoisotopic (exact) mass is 360 g/mol. The number of para-hydroxylation sites is 3. The standard InChI is InChI=1S/C23H21FN2O/c24-20-13-5-4-12-19(20)23-25-21-14-6-7-15-22(21)26(23)16-8-9-17-27-18-10-2-1-3-11-18/h1-7,10-15H,8-9,16-17H2. The first-order valence-electron chi connectivity index (χ1n) is 9.21. The van der Waals surface area contributed by atoms with E-state index in [-0.39, 0.29) is 5.82 Å². The predicted molar refractivity (Wildman–Crippen MR) is 106 cm³/mol. The van der Waals surface area contributed by atoms with Crippen LogP contribution >= 0.6 is 0 Å². The Morgan fingerprint density at radius 1 is 0.815 bits per heavy atom. The van der Waals surface area contributed by atoms with Crippen LogP contribution in [0.25, 0.3) is 22.4 Å². The minimum absolute atomic E-state index is 0.249. The molecule has 0 fully saturated rings. The van der Waals surface area contributed by atoms with Gasteiger partial charge in [0, 0.05) is 6.54 Å². The normalized spacial score (nSPS) is 11.0. The number of unbranched alkanes of at least 4 members (excludes halogenated alkanes) is 1. The zero-order valence-corrected chi connectivity index (χ0v) is 15.0. The summed E-state index contributed by atoms with van der Waals surface area (Å²) in [7, 11) is 0. The third-order valence-corrected chi connectivity index (χ3v) is 4.56. The van der Waals surface area contributed by atoms with Gasteiger partial charge in [-0.05, 0) is 49.2 Å². The third-order valence-electron chi connectivity index (χ3n) is 4.56. The number of halogens is 1. The van der Waals surface area contributed by atoms with Gasteiger partial charge in [-0.15, -0.1) is 0 Å². The lowest BCUT2D eigenvalue weighted by atomic mass is 10.2. The van der Waals surface area contributed by atoms with Crippen molar-refractivity contribution in [2.45, 2.75) is 19.4 Å². The molecule has 0 saturated heterocycles. The molecule has 1 heterocycles. The molecule has 4 rings (SSSR count). The van der Waals surface area contributed by atoms with Crippen molar-refractivity contribution in [3.63, 3.8) is 0 Å². The van der Waals surface area contributed by atoms with Crippen LogP contribution in [0.3, 0.4) is 0 Å². The van der Waals surface area contributed by atoms with Crippen molar-refractivity contribution in [1.29, 1.82) is 0 Å². The highest BCUT2D eigenvalue weighted by Crippen LogP contribution is 2.27. The summed E-state index contributed by atoms with van der Waals surface area (Å²) in [6.07, 6.45) is 1.84. The highest BCUT2D eigenvalue weighted by Gasteiger charge is 2.15. The molecular weight excluding hydrogens is 339 g/mol. The van der Waals surface area contributed by atoms with Crippen LogP contribution in [0.2, 0.25) is 0 Å². The maximum absolute atomic E-state index is 14.3. The maximum Gasteiger partial charge on any atom is 0.144 e. The molecule has 0 spiro atoms. The van der Waals surface area contributed by atoms with Crippen LogP contribution in [0.15, 0.2) is 78.9 Å². The van der Waals surface area contributed by atoms with E-state index in [0.29, 0.717) is 18.0 Å². The van der Waals surface area contributed by atoms with Crippen LogP contribution in [0, 0.1) is 5.82 Å². The average Bonchev–Trinajstić information content (AvgIpc) is 3.07. The van der Waals surface area contributed by atoms with Crippen molar-refractivity contribution in [1.82, 2.24) is 9.55 Å². The van der Waals surface area contributed by atoms with Crippen LogP contribution < -0.4 is 4.74 Å². The maximum atomic E-state index is 14.3. The number of nitrogens with zero attached hydrogens (tertiary/aromatic N) is 2. The van der Waals surface area contributed by atoms with Gasteiger partial charge in [0.1, 0.15) is 17.4 Å². The van der Waals surface area contributed by atoms with E-state index in [1.165, 1.54) is 6.07 Å². The first-order valence-corrected chi connectivity index (χ1v) is 9.21. The highest BCUT2D eigenvalue weighted by molar-refractivity contribution is 5.80. The molecule has 0 unspecified atom stereocenters. The Balaban J connectivity index is 1.50. The number of ether oxygens (including phenoxy) is 1. The van der Waals surface area contributed by atoms with Crippen molar-refractivity contribution < 1.29 is 9.13 Å². The zero-order valence-electron chi connectivity index (χ0n) is 15.0. The fourth-order valence-corrected chi connectivity index (χ4v) is 3.23. The van der Waals surface area contributed by atoms with Crippen molar-refractivity contribution >= 4 is 11.0 Å². The molecular formula is C23H21FN2O. The van der Waals surface area contributed by atoms with Gasteiger partial charge in [0.15, 0.2) is 0 Å². The molecule has 3 nitrogen and oxygen atoms in total. The Morgan fingerprint density at radius 3 is 2.41 bits per heavy atom. The molecule has 136 valence electrons. The Hall–Kier alpha value is -3.14. The topological polar surface area (TPSA) is 27.1 Å². The molecule has 0 radical (unpaired) electrons. The number of hydrogen-bond acceptors (Lipinski definition) is 2. The summed E-state index contributed by atoms with van der Waals surface area (Å²) in [5.74, 6) is 1.32. The summed E-state index contributed by atoms with van der Waals surface area (Å²) in [5, 5.41) is 0. The van der Waals surface area contributed by atoms with Crippen LogP contribution in [-0.4, -0.2) is 16.2 Å². The van der Waals surface area contributed by atoms with Gasteiger partial charge in [-0.1, -0.05) is 42.5 Å². The van der Waals surface area contributed by atoms with Gasteiger partial charge in [0.2, 0.25) is 0 Å². The van der Waals surface area contributed by atoms with E-state index in [1.54, 1.807) is 12.1 Å². The molecule has 0 aliphatic heterocycles. The molecule has 0 saturated carbocycles. The number of aryl methyl sites for hydroxylation is 1. The molecule has 0 amide bonds. The first kappa shape index (κ1) is 17.3. The number of fused-ring (bicyclic) bond motifs is 1. The van der Waals surface area contributed by atoms with E-state index in [1.807, 2.05) is 60.7 Å². The summed E-state index contributed by atoms with van der Waals surface area (Å²) >= 11 is 0. The molecule has 4 heteroatoms. The van der Waals surface area contributed by atoms with E-state index in [0.717, 1.165) is 36.2 Å². The Labute approximate surface area is 158 Å². The van der Waals surface area contributed by atoms with Gasteiger partial charge < -0.3 is 9.30 Å². The predicted octanol–water partition coefficient (Wildman–Crippen LogP) is 5.70. The number of hydrogen-bond donors (Lipinski definition) is 0. The molecule has 4 aromatic rings. The molecule has 0 aliphatic carbocycles. The summed E-state index contributed by atoms with van der Waals surface area (Å²) in [4.78, 5) is 4.68. The van der Waals surface area contributed by atoms with Crippen molar-refractivity contribution in [2.75, 3.05) is 6.61 Å². The zero-order chi connectivity index (χ0) is 18.5. The van der Waals surface area contributed by atoms with Crippen molar-refractivity contribution in [3.05, 3.63) is 84.7 Å². The quantitative estimate of drug-likeness (QED) is 0.395. The Morgan fingerprint density at radius 2 is 1.56 bits per heavy atom. The molecule has 27 heavy (non-hydrogen) atoms. The second-order valence-corrected chi connectivity index (χ2v) is 6.42. The molecule has 3 aromatic carbocycles. The van der Waals surface area contributed by atoms with Crippen LogP contribution in [0.5, 0.6) is 5.75 Å². The largest absolute Gasteiger partial charge is 0.494 e. The lowest BCUT2D eigenvalue weighted by molar-refractivity contribution is 0.303. The first-order chi connectivity index (χ1) is 13.3. The van der Waals surface area contributed by atoms with Gasteiger partial charge >= 0.3 is 0 Å². The van der Waals surface area contributed by atoms with E-state index in [2.05, 4.69) is 9.55 Å². The molecule has 0 bridgehead atoms. The second kappa shape index (κ2) is 8.04. The van der Waals surface area contributed by atoms with Crippen molar-refractivity contribution in [2.24, 2.45) is 0 Å². The number of rotatable bonds is 7. The minimum Gasteiger partial charge on any atom is -0.494 e. The van der Waals surface area contributed by atoms with E-state index in [9.17, 15) is 4.39 Å². The van der Waals surface area contributed by atoms with Crippen molar-refractivity contribution in [3.8, 4) is 17.1 Å². The van der Waals surface area contributed by atoms with Gasteiger partial charge in [-0.3, -0.25) is 0 Å². The van der Waals surface area contributed by atoms with Crippen LogP contribution in [-0.2, 0) is 6.54 Å². The summed E-state index contributed by atoms with van der Waals surface area (Å²) < 4.78 is 22.2. The summed E-state index contributed by atoms with van der Waals surface area (Å²) in [6.45, 7) is 1.42. The summed E-state index contributed by atoms with van der Waals surface area (Å²) in [6, 6.07) is 24.6. The summed E-state index contributed by atoms with van der Waals surface area (Å²) in [5.41, 5.74) is 2.45. The molecule has 0 N–H and O–H groups in total. The van der Waals surface area contributed by atoms with Gasteiger partial charge in [-0.25, -0.2) is 9.37 Å². The number of imidazole rings is 1. The smallest absolute Gasteiger partial charge is 0.144 e. The second-order valence-electron chi connectivity index (χ2n) is 6.42. The van der Waals surface area contributed by atoms with E-state index in [4.69, 9.17) is 4.74 Å². The third kappa shape index (κ3) is 3.85.